The van der Waals surface area contributed by atoms with Crippen LogP contribution in [0, 0.1) is 5.92 Å². The maximum Gasteiger partial charge on any atom is 0.271 e. The molecule has 0 atom stereocenters. The van der Waals surface area contributed by atoms with Crippen molar-refractivity contribution in [1.82, 2.24) is 5.43 Å². The molecule has 168 valence electrons. The number of hydrogen-bond acceptors (Lipinski definition) is 7. The summed E-state index contributed by atoms with van der Waals surface area (Å²) in [6.07, 6.45) is 2.42. The summed E-state index contributed by atoms with van der Waals surface area (Å²) in [5, 5.41) is 4.02. The van der Waals surface area contributed by atoms with Crippen molar-refractivity contribution in [2.24, 2.45) is 11.0 Å². The zero-order chi connectivity index (χ0) is 22.8. The zero-order valence-electron chi connectivity index (χ0n) is 18.9. The lowest BCUT2D eigenvalue weighted by molar-refractivity contribution is 0.0954. The van der Waals surface area contributed by atoms with Crippen LogP contribution in [0.2, 0.25) is 0 Å². The molecule has 8 nitrogen and oxygen atoms in total. The number of ether oxygens (including phenoxy) is 5. The van der Waals surface area contributed by atoms with Gasteiger partial charge in [-0.3, -0.25) is 4.79 Å². The van der Waals surface area contributed by atoms with Crippen LogP contribution in [-0.2, 0) is 0 Å². The van der Waals surface area contributed by atoms with E-state index in [0.29, 0.717) is 52.4 Å². The summed E-state index contributed by atoms with van der Waals surface area (Å²) in [6.45, 7) is 4.85. The molecule has 0 unspecified atom stereocenters. The number of nitrogens with zero attached hydrogens (tertiary/aromatic N) is 1. The van der Waals surface area contributed by atoms with Crippen LogP contribution in [0.5, 0.6) is 28.7 Å². The number of benzene rings is 2. The van der Waals surface area contributed by atoms with Gasteiger partial charge in [-0.1, -0.05) is 13.8 Å². The van der Waals surface area contributed by atoms with Gasteiger partial charge in [-0.25, -0.2) is 5.43 Å². The number of amides is 1. The molecule has 8 heteroatoms. The van der Waals surface area contributed by atoms with Crippen molar-refractivity contribution in [3.05, 3.63) is 41.5 Å². The zero-order valence-corrected chi connectivity index (χ0v) is 18.9. The Morgan fingerprint density at radius 2 is 1.58 bits per heavy atom. The third-order valence-corrected chi connectivity index (χ3v) is 4.45. The summed E-state index contributed by atoms with van der Waals surface area (Å²) < 4.78 is 27.0. The van der Waals surface area contributed by atoms with Gasteiger partial charge in [-0.05, 0) is 42.7 Å². The lowest BCUT2D eigenvalue weighted by atomic mass is 10.1. The molecule has 0 fully saturated rings. The Kier molecular flexibility index (Phi) is 8.99. The summed E-state index contributed by atoms with van der Waals surface area (Å²) in [5.41, 5.74) is 3.57. The van der Waals surface area contributed by atoms with Gasteiger partial charge in [0.15, 0.2) is 23.0 Å². The molecule has 0 spiro atoms. The standard InChI is InChI=1S/C23H30N2O6/c1-15(2)9-10-31-18-8-7-17(13-19(18)27-3)23(26)25-24-14-16-11-20(28-4)22(30-6)21(12-16)29-5/h7-8,11-15H,9-10H2,1-6H3,(H,25,26)/b24-14+. The third-order valence-electron chi connectivity index (χ3n) is 4.45. The molecule has 0 aliphatic carbocycles. The van der Waals surface area contributed by atoms with E-state index in [4.69, 9.17) is 23.7 Å². The van der Waals surface area contributed by atoms with E-state index in [0.717, 1.165) is 6.42 Å². The fourth-order valence-electron chi connectivity index (χ4n) is 2.74. The highest BCUT2D eigenvalue weighted by atomic mass is 16.5. The second-order valence-electron chi connectivity index (χ2n) is 7.05. The summed E-state index contributed by atoms with van der Waals surface area (Å²) in [7, 11) is 6.13. The summed E-state index contributed by atoms with van der Waals surface area (Å²) in [4.78, 5) is 12.5. The van der Waals surface area contributed by atoms with Crippen molar-refractivity contribution in [2.75, 3.05) is 35.0 Å². The minimum atomic E-state index is -0.379. The van der Waals surface area contributed by atoms with Crippen molar-refractivity contribution in [1.29, 1.82) is 0 Å². The first kappa shape index (κ1) is 23.9. The van der Waals surface area contributed by atoms with Crippen molar-refractivity contribution >= 4 is 12.1 Å². The first-order valence-electron chi connectivity index (χ1n) is 9.87. The Bertz CT molecular complexity index is 886. The predicted molar refractivity (Wildman–Crippen MR) is 119 cm³/mol. The molecule has 0 bridgehead atoms. The SMILES string of the molecule is COc1cc(C(=O)N/N=C/c2cc(OC)c(OC)c(OC)c2)ccc1OCCC(C)C. The second kappa shape index (κ2) is 11.7. The number of nitrogens with one attached hydrogen (secondary N) is 1. The van der Waals surface area contributed by atoms with Gasteiger partial charge >= 0.3 is 0 Å². The Balaban J connectivity index is 2.09. The van der Waals surface area contributed by atoms with Gasteiger partial charge in [0.05, 0.1) is 41.3 Å². The minimum absolute atomic E-state index is 0.379. The van der Waals surface area contributed by atoms with Crippen LogP contribution >= 0.6 is 0 Å². The van der Waals surface area contributed by atoms with Crippen LogP contribution < -0.4 is 29.1 Å². The molecule has 31 heavy (non-hydrogen) atoms. The molecule has 0 heterocycles. The van der Waals surface area contributed by atoms with E-state index in [1.54, 1.807) is 30.3 Å². The lowest BCUT2D eigenvalue weighted by Gasteiger charge is -2.13. The lowest BCUT2D eigenvalue weighted by Crippen LogP contribution is -2.17. The van der Waals surface area contributed by atoms with Gasteiger partial charge in [0.2, 0.25) is 5.75 Å². The molecule has 1 amide bonds. The topological polar surface area (TPSA) is 87.6 Å². The van der Waals surface area contributed by atoms with Crippen LogP contribution in [0.25, 0.3) is 0 Å². The van der Waals surface area contributed by atoms with E-state index < -0.39 is 0 Å². The highest BCUT2D eigenvalue weighted by Crippen LogP contribution is 2.37. The fraction of sp³-hybridized carbons (Fsp3) is 0.391. The molecule has 1 N–H and O–H groups in total. The van der Waals surface area contributed by atoms with E-state index in [1.807, 2.05) is 0 Å². The number of methoxy groups -OCH3 is 4. The van der Waals surface area contributed by atoms with Crippen LogP contribution in [0.3, 0.4) is 0 Å². The van der Waals surface area contributed by atoms with Crippen LogP contribution in [0.1, 0.15) is 36.2 Å². The predicted octanol–water partition coefficient (Wildman–Crippen LogP) is 3.91. The van der Waals surface area contributed by atoms with Crippen molar-refractivity contribution < 1.29 is 28.5 Å². The van der Waals surface area contributed by atoms with Crippen LogP contribution in [0.15, 0.2) is 35.4 Å². The Morgan fingerprint density at radius 3 is 2.13 bits per heavy atom. The number of hydrazone groups is 1. The minimum Gasteiger partial charge on any atom is -0.493 e. The third kappa shape index (κ3) is 6.53. The molecule has 0 saturated heterocycles. The molecule has 0 saturated carbocycles. The monoisotopic (exact) mass is 430 g/mol. The van der Waals surface area contributed by atoms with Crippen molar-refractivity contribution in [3.63, 3.8) is 0 Å². The number of hydrogen-bond donors (Lipinski definition) is 1. The van der Waals surface area contributed by atoms with Crippen molar-refractivity contribution in [2.45, 2.75) is 20.3 Å². The van der Waals surface area contributed by atoms with Gasteiger partial charge in [0.1, 0.15) is 0 Å². The number of carbonyl (C=O) groups is 1. The summed E-state index contributed by atoms with van der Waals surface area (Å²) in [6, 6.07) is 8.45. The van der Waals surface area contributed by atoms with Crippen molar-refractivity contribution in [3.8, 4) is 28.7 Å². The Hall–Kier alpha value is -3.42. The van der Waals surface area contributed by atoms with Gasteiger partial charge in [-0.2, -0.15) is 5.10 Å². The molecule has 0 aromatic heterocycles. The number of carbonyl (C=O) groups excluding carboxylic acids is 1. The smallest absolute Gasteiger partial charge is 0.271 e. The Morgan fingerprint density at radius 1 is 0.935 bits per heavy atom. The van der Waals surface area contributed by atoms with Gasteiger partial charge < -0.3 is 23.7 Å². The molecular weight excluding hydrogens is 400 g/mol. The molecule has 0 aliphatic rings. The van der Waals surface area contributed by atoms with Crippen LogP contribution in [-0.4, -0.2) is 47.2 Å². The highest BCUT2D eigenvalue weighted by Gasteiger charge is 2.13. The van der Waals surface area contributed by atoms with Gasteiger partial charge in [0, 0.05) is 11.1 Å². The van der Waals surface area contributed by atoms with E-state index in [9.17, 15) is 4.79 Å². The fourth-order valence-corrected chi connectivity index (χ4v) is 2.74. The second-order valence-corrected chi connectivity index (χ2v) is 7.05. The maximum absolute atomic E-state index is 12.5. The quantitative estimate of drug-likeness (QED) is 0.430. The van der Waals surface area contributed by atoms with E-state index in [1.165, 1.54) is 34.7 Å². The molecule has 2 rings (SSSR count). The van der Waals surface area contributed by atoms with Gasteiger partial charge in [-0.15, -0.1) is 0 Å². The summed E-state index contributed by atoms with van der Waals surface area (Å²) in [5.74, 6) is 2.72. The molecular formula is C23H30N2O6. The van der Waals surface area contributed by atoms with Crippen LogP contribution in [0.4, 0.5) is 0 Å². The average molecular weight is 431 g/mol. The molecule has 0 radical (unpaired) electrons. The maximum atomic E-state index is 12.5. The normalized spacial score (nSPS) is 10.8. The number of rotatable bonds is 11. The summed E-state index contributed by atoms with van der Waals surface area (Å²) >= 11 is 0. The van der Waals surface area contributed by atoms with E-state index in [2.05, 4.69) is 24.4 Å². The first-order valence-corrected chi connectivity index (χ1v) is 9.87. The Labute approximate surface area is 183 Å². The molecule has 2 aromatic rings. The molecule has 0 aliphatic heterocycles. The molecule has 2 aromatic carbocycles. The largest absolute Gasteiger partial charge is 0.493 e. The van der Waals surface area contributed by atoms with E-state index in [-0.39, 0.29) is 5.91 Å². The highest BCUT2D eigenvalue weighted by molar-refractivity contribution is 5.95. The average Bonchev–Trinajstić information content (AvgIpc) is 2.77. The van der Waals surface area contributed by atoms with E-state index >= 15 is 0 Å². The first-order chi connectivity index (χ1) is 14.9. The van der Waals surface area contributed by atoms with Gasteiger partial charge in [0.25, 0.3) is 5.91 Å².